The first-order valence-corrected chi connectivity index (χ1v) is 13.3. The Hall–Kier alpha value is -4.76. The van der Waals surface area contributed by atoms with Gasteiger partial charge in [-0.1, -0.05) is 5.21 Å². The van der Waals surface area contributed by atoms with E-state index in [0.29, 0.717) is 12.1 Å². The van der Waals surface area contributed by atoms with Gasteiger partial charge in [-0.3, -0.25) is 28.7 Å². The number of aliphatic hydroxyl groups excluding tert-OH is 2. The van der Waals surface area contributed by atoms with Gasteiger partial charge in [0.25, 0.3) is 11.1 Å². The summed E-state index contributed by atoms with van der Waals surface area (Å²) in [5.74, 6) is -0.0994. The lowest BCUT2D eigenvalue weighted by Crippen LogP contribution is -2.27. The van der Waals surface area contributed by atoms with Crippen LogP contribution in [0.2, 0.25) is 0 Å². The summed E-state index contributed by atoms with van der Waals surface area (Å²) in [5, 5.41) is 28.8. The van der Waals surface area contributed by atoms with Gasteiger partial charge in [-0.2, -0.15) is 9.97 Å². The van der Waals surface area contributed by atoms with Crippen LogP contribution in [0.15, 0.2) is 28.4 Å². The zero-order valence-electron chi connectivity index (χ0n) is 22.3. The van der Waals surface area contributed by atoms with Crippen LogP contribution in [-0.2, 0) is 27.4 Å². The summed E-state index contributed by atoms with van der Waals surface area (Å²) in [7, 11) is 0. The maximum atomic E-state index is 12.1. The minimum Gasteiger partial charge on any atom is -0.394 e. The van der Waals surface area contributed by atoms with Crippen LogP contribution < -0.4 is 22.6 Å². The molecular formula is C23H27N13O7. The second kappa shape index (κ2) is 10.5. The first kappa shape index (κ1) is 27.1. The molecule has 2 saturated heterocycles. The van der Waals surface area contributed by atoms with E-state index in [1.54, 1.807) is 15.3 Å². The van der Waals surface area contributed by atoms with Gasteiger partial charge >= 0.3 is 0 Å². The van der Waals surface area contributed by atoms with E-state index in [2.05, 4.69) is 40.2 Å². The second-order valence-corrected chi connectivity index (χ2v) is 10.3. The zero-order chi connectivity index (χ0) is 29.8. The maximum Gasteiger partial charge on any atom is 0.280 e. The number of aromatic amines is 2. The number of hydrogen-bond acceptors (Lipinski definition) is 15. The summed E-state index contributed by atoms with van der Waals surface area (Å²) in [6.07, 6.45) is 1.30. The molecule has 8 N–H and O–H groups in total. The summed E-state index contributed by atoms with van der Waals surface area (Å²) < 4.78 is 22.7. The van der Waals surface area contributed by atoms with E-state index in [4.69, 9.17) is 25.7 Å². The van der Waals surface area contributed by atoms with E-state index in [1.807, 2.05) is 0 Å². The molecule has 5 aromatic rings. The fourth-order valence-electron chi connectivity index (χ4n) is 5.44. The number of nitrogen functional groups attached to an aromatic ring is 2. The average molecular weight is 598 g/mol. The number of aliphatic hydroxyl groups is 2. The van der Waals surface area contributed by atoms with E-state index in [-0.39, 0.29) is 60.4 Å². The van der Waals surface area contributed by atoms with Crippen molar-refractivity contribution < 1.29 is 24.4 Å². The lowest BCUT2D eigenvalue weighted by atomic mass is 10.2. The lowest BCUT2D eigenvalue weighted by Gasteiger charge is -2.16. The summed E-state index contributed by atoms with van der Waals surface area (Å²) in [6.45, 7) is -0.0200. The molecule has 0 aromatic carbocycles. The zero-order valence-corrected chi connectivity index (χ0v) is 22.3. The third kappa shape index (κ3) is 4.89. The third-order valence-electron chi connectivity index (χ3n) is 7.48. The van der Waals surface area contributed by atoms with Crippen LogP contribution in [0.3, 0.4) is 0 Å². The number of nitrogens with one attached hydrogen (secondary N) is 2. The molecular weight excluding hydrogens is 570 g/mol. The van der Waals surface area contributed by atoms with E-state index in [0.717, 1.165) is 0 Å². The van der Waals surface area contributed by atoms with Gasteiger partial charge in [0.05, 0.1) is 50.8 Å². The van der Waals surface area contributed by atoms with Gasteiger partial charge in [-0.25, -0.2) is 14.6 Å². The minimum atomic E-state index is -0.830. The lowest BCUT2D eigenvalue weighted by molar-refractivity contribution is -0.0645. The quantitative estimate of drug-likeness (QED) is 0.108. The summed E-state index contributed by atoms with van der Waals surface area (Å²) >= 11 is 0. The minimum absolute atomic E-state index is 0.0492. The summed E-state index contributed by atoms with van der Waals surface area (Å²) in [4.78, 5) is 45.5. The molecule has 2 aliphatic heterocycles. The standard InChI is InChI=1S/C23H27N13O7/c24-22-28-18-16(20(39)30-22)26-7-35(18)14-1-10(38)12(42-14)4-34-3-9(32-33-34)6-41-11-2-15(43-13(11)5-37)36-8-27-17-19(36)29-23(25)31-21(17)40/h3,7-8,10-15,37-38H,1-2,4-6H2,(H3,24,28,30,39)(H3,25,29,31,40)/t10-,11-,12+,13+,14+,15+/m0/s1. The van der Waals surface area contributed by atoms with Crippen molar-refractivity contribution in [3.63, 3.8) is 0 Å². The second-order valence-electron chi connectivity index (χ2n) is 10.3. The number of aromatic nitrogens is 11. The highest BCUT2D eigenvalue weighted by molar-refractivity contribution is 5.71. The van der Waals surface area contributed by atoms with Gasteiger partial charge in [0, 0.05) is 12.8 Å². The molecule has 0 aliphatic carbocycles. The molecule has 0 amide bonds. The van der Waals surface area contributed by atoms with Crippen LogP contribution >= 0.6 is 0 Å². The van der Waals surface area contributed by atoms with Crippen molar-refractivity contribution in [2.45, 2.75) is 62.9 Å². The molecule has 7 rings (SSSR count). The first-order valence-electron chi connectivity index (χ1n) is 13.3. The predicted molar refractivity (Wildman–Crippen MR) is 144 cm³/mol. The molecule has 0 spiro atoms. The van der Waals surface area contributed by atoms with Crippen molar-refractivity contribution in [1.82, 2.24) is 54.0 Å². The predicted octanol–water partition coefficient (Wildman–Crippen LogP) is -2.48. The fraction of sp³-hybridized carbons (Fsp3) is 0.478. The molecule has 20 nitrogen and oxygen atoms in total. The molecule has 6 atom stereocenters. The molecule has 2 fully saturated rings. The molecule has 2 aliphatic rings. The van der Waals surface area contributed by atoms with Crippen LogP contribution in [0.1, 0.15) is 31.0 Å². The van der Waals surface area contributed by atoms with E-state index in [9.17, 15) is 19.8 Å². The largest absolute Gasteiger partial charge is 0.394 e. The van der Waals surface area contributed by atoms with E-state index in [1.165, 1.54) is 17.3 Å². The average Bonchev–Trinajstić information content (AvgIpc) is 3.78. The van der Waals surface area contributed by atoms with Crippen molar-refractivity contribution in [1.29, 1.82) is 0 Å². The number of imidazole rings is 2. The Labute approximate surface area is 239 Å². The highest BCUT2D eigenvalue weighted by Gasteiger charge is 2.38. The van der Waals surface area contributed by atoms with Gasteiger partial charge in [-0.15, -0.1) is 5.10 Å². The molecule has 0 bridgehead atoms. The van der Waals surface area contributed by atoms with Crippen LogP contribution in [0.25, 0.3) is 22.3 Å². The molecule has 7 heterocycles. The van der Waals surface area contributed by atoms with E-state index >= 15 is 0 Å². The van der Waals surface area contributed by atoms with Gasteiger partial charge < -0.3 is 35.9 Å². The van der Waals surface area contributed by atoms with Crippen molar-refractivity contribution >= 4 is 34.2 Å². The van der Waals surface area contributed by atoms with Gasteiger partial charge in [0.2, 0.25) is 11.9 Å². The van der Waals surface area contributed by atoms with E-state index < -0.39 is 48.0 Å². The number of ether oxygens (including phenoxy) is 3. The topological polar surface area (TPSA) is 278 Å². The van der Waals surface area contributed by atoms with Gasteiger partial charge in [0.15, 0.2) is 22.3 Å². The van der Waals surface area contributed by atoms with Crippen molar-refractivity contribution in [3.8, 4) is 0 Å². The highest BCUT2D eigenvalue weighted by Crippen LogP contribution is 2.33. The highest BCUT2D eigenvalue weighted by atomic mass is 16.6. The number of anilines is 2. The molecule has 20 heteroatoms. The maximum absolute atomic E-state index is 12.1. The Kier molecular flexibility index (Phi) is 6.62. The van der Waals surface area contributed by atoms with Gasteiger partial charge in [-0.05, 0) is 0 Å². The van der Waals surface area contributed by atoms with Crippen LogP contribution in [0.4, 0.5) is 11.9 Å². The van der Waals surface area contributed by atoms with Crippen LogP contribution in [0, 0.1) is 0 Å². The van der Waals surface area contributed by atoms with Crippen LogP contribution in [0.5, 0.6) is 0 Å². The first-order chi connectivity index (χ1) is 20.8. The number of hydrogen-bond donors (Lipinski definition) is 6. The smallest absolute Gasteiger partial charge is 0.280 e. The SMILES string of the molecule is Nc1nc2c(ncn2[C@H]2C[C@H](OCc3cn(C[C@H]4O[C@@H](n5cnc6c(=O)[nH]c(N)nc65)C[C@@H]4O)nn3)[C@@H](CO)O2)c(=O)[nH]1. The monoisotopic (exact) mass is 597 g/mol. The number of H-pyrrole nitrogens is 2. The number of fused-ring (bicyclic) bond motifs is 2. The Bertz CT molecular complexity index is 1910. The van der Waals surface area contributed by atoms with Gasteiger partial charge in [0.1, 0.15) is 30.4 Å². The van der Waals surface area contributed by atoms with Crippen molar-refractivity contribution in [2.24, 2.45) is 0 Å². The van der Waals surface area contributed by atoms with Crippen molar-refractivity contribution in [2.75, 3.05) is 18.1 Å². The Balaban J connectivity index is 0.985. The normalized spacial score (nSPS) is 25.8. The fourth-order valence-corrected chi connectivity index (χ4v) is 5.44. The Morgan fingerprint density at radius 2 is 1.56 bits per heavy atom. The summed E-state index contributed by atoms with van der Waals surface area (Å²) in [5.41, 5.74) is 11.7. The number of nitrogens with zero attached hydrogens (tertiary/aromatic N) is 9. The Morgan fingerprint density at radius 1 is 0.953 bits per heavy atom. The molecule has 0 radical (unpaired) electrons. The molecule has 0 saturated carbocycles. The molecule has 0 unspecified atom stereocenters. The van der Waals surface area contributed by atoms with Crippen molar-refractivity contribution in [3.05, 3.63) is 45.3 Å². The third-order valence-corrected chi connectivity index (χ3v) is 7.48. The molecule has 43 heavy (non-hydrogen) atoms. The molecule has 226 valence electrons. The Morgan fingerprint density at radius 3 is 2.19 bits per heavy atom. The number of rotatable bonds is 8. The van der Waals surface area contributed by atoms with Crippen LogP contribution in [-0.4, -0.2) is 95.3 Å². The number of nitrogens with two attached hydrogens (primary N) is 2. The molecule has 5 aromatic heterocycles. The summed E-state index contributed by atoms with van der Waals surface area (Å²) in [6, 6.07) is 0.